The number of rotatable bonds is 7. The number of para-hydroxylation sites is 1. The van der Waals surface area contributed by atoms with Gasteiger partial charge in [-0.05, 0) is 57.8 Å². The Morgan fingerprint density at radius 1 is 1.19 bits per heavy atom. The molecule has 0 atom stereocenters. The summed E-state index contributed by atoms with van der Waals surface area (Å²) in [5, 5.41) is 3.66. The Balaban J connectivity index is 1.53. The number of aromatic amines is 1. The van der Waals surface area contributed by atoms with Gasteiger partial charge in [0, 0.05) is 28.8 Å². The second-order valence-corrected chi connectivity index (χ2v) is 9.43. The number of aryl methyl sites for hydroxylation is 1. The SMILES string of the molecule is COc1cc(C)[nH]c(=O)c1CNC(=O)c1c(C)n(CC2CCN(CC(F)(F)F)CC2)c2ccccc12. The minimum Gasteiger partial charge on any atom is -0.496 e. The lowest BCUT2D eigenvalue weighted by Gasteiger charge is -2.32. The first-order valence-corrected chi connectivity index (χ1v) is 12.0. The third-order valence-electron chi connectivity index (χ3n) is 6.88. The van der Waals surface area contributed by atoms with Crippen LogP contribution in [0.2, 0.25) is 0 Å². The lowest BCUT2D eigenvalue weighted by molar-refractivity contribution is -0.148. The van der Waals surface area contributed by atoms with E-state index in [4.69, 9.17) is 4.74 Å². The fourth-order valence-corrected chi connectivity index (χ4v) is 5.08. The quantitative estimate of drug-likeness (QED) is 0.507. The molecule has 7 nitrogen and oxygen atoms in total. The number of benzene rings is 1. The Labute approximate surface area is 207 Å². The Morgan fingerprint density at radius 2 is 1.89 bits per heavy atom. The number of ether oxygens (including phenoxy) is 1. The molecular formula is C26H31F3N4O3. The van der Waals surface area contributed by atoms with Crippen LogP contribution in [0.3, 0.4) is 0 Å². The van der Waals surface area contributed by atoms with E-state index in [1.807, 2.05) is 31.2 Å². The van der Waals surface area contributed by atoms with E-state index in [0.29, 0.717) is 55.0 Å². The van der Waals surface area contributed by atoms with E-state index in [2.05, 4.69) is 14.9 Å². The zero-order valence-electron chi connectivity index (χ0n) is 20.7. The maximum atomic E-state index is 13.3. The molecule has 2 N–H and O–H groups in total. The minimum absolute atomic E-state index is 0.00817. The molecule has 10 heteroatoms. The molecule has 3 heterocycles. The van der Waals surface area contributed by atoms with Crippen molar-refractivity contribution in [2.45, 2.75) is 46.0 Å². The van der Waals surface area contributed by atoms with Crippen molar-refractivity contribution >= 4 is 16.8 Å². The van der Waals surface area contributed by atoms with Gasteiger partial charge in [-0.15, -0.1) is 0 Å². The maximum Gasteiger partial charge on any atom is 0.401 e. The molecule has 36 heavy (non-hydrogen) atoms. The molecule has 0 saturated carbocycles. The van der Waals surface area contributed by atoms with Crippen LogP contribution < -0.4 is 15.6 Å². The molecule has 0 radical (unpaired) electrons. The smallest absolute Gasteiger partial charge is 0.401 e. The van der Waals surface area contributed by atoms with Gasteiger partial charge in [0.25, 0.3) is 11.5 Å². The summed E-state index contributed by atoms with van der Waals surface area (Å²) in [5.41, 5.74) is 2.91. The fourth-order valence-electron chi connectivity index (χ4n) is 5.08. The number of nitrogens with one attached hydrogen (secondary N) is 2. The van der Waals surface area contributed by atoms with Gasteiger partial charge in [-0.25, -0.2) is 0 Å². The zero-order chi connectivity index (χ0) is 26.0. The van der Waals surface area contributed by atoms with Crippen LogP contribution in [0.4, 0.5) is 13.2 Å². The summed E-state index contributed by atoms with van der Waals surface area (Å²) in [6, 6.07) is 9.32. The first kappa shape index (κ1) is 25.8. The number of amides is 1. The fraction of sp³-hybridized carbons (Fsp3) is 0.462. The van der Waals surface area contributed by atoms with Crippen molar-refractivity contribution in [1.29, 1.82) is 0 Å². The second-order valence-electron chi connectivity index (χ2n) is 9.43. The summed E-state index contributed by atoms with van der Waals surface area (Å²) in [7, 11) is 1.48. The summed E-state index contributed by atoms with van der Waals surface area (Å²) in [6.07, 6.45) is -2.85. The normalized spacial score (nSPS) is 15.4. The Hall–Kier alpha value is -3.27. The van der Waals surface area contributed by atoms with E-state index >= 15 is 0 Å². The van der Waals surface area contributed by atoms with Gasteiger partial charge in [0.05, 0.1) is 31.3 Å². The number of halogens is 3. The zero-order valence-corrected chi connectivity index (χ0v) is 20.7. The molecule has 1 aliphatic heterocycles. The maximum absolute atomic E-state index is 13.3. The van der Waals surface area contributed by atoms with Crippen molar-refractivity contribution in [2.24, 2.45) is 5.92 Å². The van der Waals surface area contributed by atoms with E-state index in [1.54, 1.807) is 13.0 Å². The van der Waals surface area contributed by atoms with Crippen molar-refractivity contribution in [3.8, 4) is 5.75 Å². The van der Waals surface area contributed by atoms with Crippen molar-refractivity contribution < 1.29 is 22.7 Å². The molecule has 1 aliphatic rings. The number of H-pyrrole nitrogens is 1. The van der Waals surface area contributed by atoms with Crippen molar-refractivity contribution in [1.82, 2.24) is 19.8 Å². The van der Waals surface area contributed by atoms with Gasteiger partial charge in [0.1, 0.15) is 5.75 Å². The Morgan fingerprint density at radius 3 is 2.56 bits per heavy atom. The highest BCUT2D eigenvalue weighted by atomic mass is 19.4. The molecule has 2 aromatic heterocycles. The highest BCUT2D eigenvalue weighted by molar-refractivity contribution is 6.08. The molecular weight excluding hydrogens is 473 g/mol. The number of aromatic nitrogens is 2. The largest absolute Gasteiger partial charge is 0.496 e. The van der Waals surface area contributed by atoms with E-state index in [0.717, 1.165) is 16.6 Å². The van der Waals surface area contributed by atoms with Crippen LogP contribution in [-0.2, 0) is 13.1 Å². The van der Waals surface area contributed by atoms with Gasteiger partial charge in [0.2, 0.25) is 0 Å². The molecule has 3 aromatic rings. The summed E-state index contributed by atoms with van der Waals surface area (Å²) in [5.74, 6) is 0.326. The predicted octanol–water partition coefficient (Wildman–Crippen LogP) is 4.16. The summed E-state index contributed by atoms with van der Waals surface area (Å²) >= 11 is 0. The van der Waals surface area contributed by atoms with Gasteiger partial charge in [-0.1, -0.05) is 18.2 Å². The number of methoxy groups -OCH3 is 1. The van der Waals surface area contributed by atoms with Gasteiger partial charge in [-0.2, -0.15) is 13.2 Å². The van der Waals surface area contributed by atoms with Gasteiger partial charge in [0.15, 0.2) is 0 Å². The third kappa shape index (κ3) is 5.59. The molecule has 0 spiro atoms. The molecule has 0 aliphatic carbocycles. The number of piperidine rings is 1. The number of carbonyl (C=O) groups is 1. The van der Waals surface area contributed by atoms with Gasteiger partial charge < -0.3 is 19.6 Å². The van der Waals surface area contributed by atoms with Gasteiger partial charge >= 0.3 is 6.18 Å². The number of carbonyl (C=O) groups excluding carboxylic acids is 1. The molecule has 194 valence electrons. The number of fused-ring (bicyclic) bond motifs is 1. The summed E-state index contributed by atoms with van der Waals surface area (Å²) < 4.78 is 45.6. The van der Waals surface area contributed by atoms with E-state index < -0.39 is 12.7 Å². The van der Waals surface area contributed by atoms with Crippen LogP contribution in [0, 0.1) is 19.8 Å². The van der Waals surface area contributed by atoms with Crippen LogP contribution >= 0.6 is 0 Å². The number of nitrogens with zero attached hydrogens (tertiary/aromatic N) is 2. The molecule has 1 fully saturated rings. The van der Waals surface area contributed by atoms with E-state index in [9.17, 15) is 22.8 Å². The average molecular weight is 505 g/mol. The molecule has 1 saturated heterocycles. The molecule has 1 amide bonds. The highest BCUT2D eigenvalue weighted by Gasteiger charge is 2.33. The summed E-state index contributed by atoms with van der Waals surface area (Å²) in [4.78, 5) is 29.9. The first-order valence-electron chi connectivity index (χ1n) is 12.0. The molecule has 4 rings (SSSR count). The van der Waals surface area contributed by atoms with Crippen LogP contribution in [0.15, 0.2) is 35.1 Å². The van der Waals surface area contributed by atoms with Crippen molar-refractivity contribution in [3.63, 3.8) is 0 Å². The van der Waals surface area contributed by atoms with Gasteiger partial charge in [-0.3, -0.25) is 14.5 Å². The molecule has 1 aromatic carbocycles. The standard InChI is InChI=1S/C26H31F3N4O3/c1-16-12-22(36-3)20(24(34)31-16)13-30-25(35)23-17(2)33(21-7-5-4-6-19(21)23)14-18-8-10-32(11-9-18)15-26(27,28)29/h4-7,12,18H,8-11,13-15H2,1-3H3,(H,30,35)(H,31,34). The lowest BCUT2D eigenvalue weighted by atomic mass is 9.96. The number of alkyl halides is 3. The van der Waals surface area contributed by atoms with Crippen LogP contribution in [0.1, 0.15) is 40.2 Å². The average Bonchev–Trinajstić information content (AvgIpc) is 3.09. The predicted molar refractivity (Wildman–Crippen MR) is 131 cm³/mol. The van der Waals surface area contributed by atoms with Crippen LogP contribution in [-0.4, -0.2) is 53.3 Å². The highest BCUT2D eigenvalue weighted by Crippen LogP contribution is 2.30. The Bertz CT molecular complexity index is 1300. The number of hydrogen-bond donors (Lipinski definition) is 2. The topological polar surface area (TPSA) is 79.4 Å². The monoisotopic (exact) mass is 504 g/mol. The van der Waals surface area contributed by atoms with E-state index in [1.165, 1.54) is 12.0 Å². The Kier molecular flexibility index (Phi) is 7.44. The third-order valence-corrected chi connectivity index (χ3v) is 6.88. The molecule has 0 unspecified atom stereocenters. The summed E-state index contributed by atoms with van der Waals surface area (Å²) in [6.45, 7) is 4.21. The van der Waals surface area contributed by atoms with Crippen molar-refractivity contribution in [2.75, 3.05) is 26.7 Å². The minimum atomic E-state index is -4.18. The number of pyridine rings is 1. The number of likely N-dealkylation sites (tertiary alicyclic amines) is 1. The number of hydrogen-bond acceptors (Lipinski definition) is 4. The van der Waals surface area contributed by atoms with Crippen LogP contribution in [0.5, 0.6) is 5.75 Å². The first-order chi connectivity index (χ1) is 17.1. The van der Waals surface area contributed by atoms with E-state index in [-0.39, 0.29) is 23.9 Å². The van der Waals surface area contributed by atoms with Crippen molar-refractivity contribution in [3.05, 3.63) is 63.2 Å². The van der Waals surface area contributed by atoms with Crippen LogP contribution in [0.25, 0.3) is 10.9 Å². The molecule has 0 bridgehead atoms. The lowest BCUT2D eigenvalue weighted by Crippen LogP contribution is -2.40. The second kappa shape index (κ2) is 10.4.